The number of carbonyl (C=O) groups is 1. The second kappa shape index (κ2) is 9.43. The molecule has 0 amide bonds. The summed E-state index contributed by atoms with van der Waals surface area (Å²) in [7, 11) is 0. The maximum absolute atomic E-state index is 11.5. The Bertz CT molecular complexity index is 713. The van der Waals surface area contributed by atoms with E-state index in [0.29, 0.717) is 23.4 Å². The van der Waals surface area contributed by atoms with E-state index < -0.39 is 0 Å². The van der Waals surface area contributed by atoms with Crippen molar-refractivity contribution in [3.63, 3.8) is 0 Å². The van der Waals surface area contributed by atoms with Gasteiger partial charge in [0.25, 0.3) is 0 Å². The minimum absolute atomic E-state index is 0.0995. The molecule has 0 saturated heterocycles. The van der Waals surface area contributed by atoms with Gasteiger partial charge in [-0.25, -0.2) is 0 Å². The van der Waals surface area contributed by atoms with Crippen LogP contribution >= 0.6 is 0 Å². The zero-order chi connectivity index (χ0) is 23.1. The predicted octanol–water partition coefficient (Wildman–Crippen LogP) is 6.93. The highest BCUT2D eigenvalue weighted by molar-refractivity contribution is 5.66. The van der Waals surface area contributed by atoms with Crippen LogP contribution < -0.4 is 0 Å². The Balaban J connectivity index is 1.44. The van der Waals surface area contributed by atoms with Crippen molar-refractivity contribution in [1.29, 1.82) is 0 Å². The van der Waals surface area contributed by atoms with Crippen LogP contribution in [0.5, 0.6) is 0 Å². The molecule has 0 heterocycles. The molecule has 0 aliphatic heterocycles. The van der Waals surface area contributed by atoms with Crippen molar-refractivity contribution in [2.24, 2.45) is 46.3 Å². The summed E-state index contributed by atoms with van der Waals surface area (Å²) in [5, 5.41) is 9.35. The highest BCUT2D eigenvalue weighted by Gasteiger charge is 2.59. The van der Waals surface area contributed by atoms with E-state index in [9.17, 15) is 9.90 Å². The predicted molar refractivity (Wildman–Crippen MR) is 130 cm³/mol. The van der Waals surface area contributed by atoms with Gasteiger partial charge in [-0.05, 0) is 97.7 Å². The summed E-state index contributed by atoms with van der Waals surface area (Å²) in [6.45, 7) is 11.8. The van der Waals surface area contributed by atoms with E-state index >= 15 is 0 Å². The molecular weight excluding hydrogens is 396 g/mol. The minimum atomic E-state index is -0.127. The largest absolute Gasteiger partial charge is 0.462 e. The number of esters is 1. The van der Waals surface area contributed by atoms with Gasteiger partial charge in [0.2, 0.25) is 0 Å². The highest BCUT2D eigenvalue weighted by Crippen LogP contribution is 2.67. The molecule has 4 aliphatic carbocycles. The number of carbonyl (C=O) groups excluding carboxylic acids is 1. The van der Waals surface area contributed by atoms with Crippen LogP contribution in [0.1, 0.15) is 105 Å². The third kappa shape index (κ3) is 4.32. The van der Waals surface area contributed by atoms with Crippen molar-refractivity contribution in [2.75, 3.05) is 6.61 Å². The van der Waals surface area contributed by atoms with Gasteiger partial charge in [-0.15, -0.1) is 0 Å². The molecule has 0 radical (unpaired) electrons. The Morgan fingerprint density at radius 2 is 1.91 bits per heavy atom. The van der Waals surface area contributed by atoms with Crippen LogP contribution in [0, 0.1) is 46.3 Å². The molecule has 9 atom stereocenters. The topological polar surface area (TPSA) is 46.5 Å². The first-order valence-corrected chi connectivity index (χ1v) is 13.7. The lowest BCUT2D eigenvalue weighted by Gasteiger charge is -2.58. The van der Waals surface area contributed by atoms with Crippen LogP contribution in [0.4, 0.5) is 0 Å². The van der Waals surface area contributed by atoms with E-state index in [2.05, 4.69) is 33.8 Å². The Morgan fingerprint density at radius 3 is 2.62 bits per heavy atom. The minimum Gasteiger partial charge on any atom is -0.462 e. The fraction of sp³-hybridized carbons (Fsp3) is 0.897. The lowest BCUT2D eigenvalue weighted by atomic mass is 9.47. The number of ether oxygens (including phenoxy) is 1. The number of allylic oxidation sites excluding steroid dienone is 1. The molecule has 3 heteroatoms. The molecule has 32 heavy (non-hydrogen) atoms. The van der Waals surface area contributed by atoms with Gasteiger partial charge in [-0.3, -0.25) is 4.79 Å². The Labute approximate surface area is 196 Å². The third-order valence-corrected chi connectivity index (χ3v) is 10.8. The zero-order valence-corrected chi connectivity index (χ0v) is 21.4. The van der Waals surface area contributed by atoms with Crippen molar-refractivity contribution >= 4 is 5.97 Å². The summed E-state index contributed by atoms with van der Waals surface area (Å²) in [6.07, 6.45) is 16.5. The van der Waals surface area contributed by atoms with Crippen molar-refractivity contribution in [1.82, 2.24) is 0 Å². The summed E-state index contributed by atoms with van der Waals surface area (Å²) >= 11 is 0. The van der Waals surface area contributed by atoms with E-state index in [4.69, 9.17) is 4.74 Å². The zero-order valence-electron chi connectivity index (χ0n) is 21.4. The van der Waals surface area contributed by atoms with Gasteiger partial charge in [0.05, 0.1) is 0 Å². The van der Waals surface area contributed by atoms with E-state index in [1.165, 1.54) is 57.8 Å². The van der Waals surface area contributed by atoms with Crippen LogP contribution in [0.3, 0.4) is 0 Å². The lowest BCUT2D eigenvalue weighted by molar-refractivity contribution is -0.148. The molecular formula is C29H48O3. The van der Waals surface area contributed by atoms with Gasteiger partial charge in [0.15, 0.2) is 0 Å². The van der Waals surface area contributed by atoms with E-state index in [0.717, 1.165) is 42.4 Å². The summed E-state index contributed by atoms with van der Waals surface area (Å²) in [5.74, 6) is 4.54. The van der Waals surface area contributed by atoms with Crippen LogP contribution in [0.15, 0.2) is 11.6 Å². The van der Waals surface area contributed by atoms with Gasteiger partial charge in [-0.1, -0.05) is 52.2 Å². The molecule has 0 aromatic heterocycles. The molecule has 3 fully saturated rings. The number of aliphatic hydroxyl groups is 1. The summed E-state index contributed by atoms with van der Waals surface area (Å²) in [5.41, 5.74) is 2.44. The Kier molecular flexibility index (Phi) is 7.16. The van der Waals surface area contributed by atoms with Gasteiger partial charge < -0.3 is 9.84 Å². The van der Waals surface area contributed by atoms with Crippen LogP contribution in [-0.2, 0) is 9.53 Å². The fourth-order valence-electron chi connectivity index (χ4n) is 9.02. The van der Waals surface area contributed by atoms with Gasteiger partial charge in [0.1, 0.15) is 6.10 Å². The first-order chi connectivity index (χ1) is 15.2. The standard InChI is InChI=1S/C29H48O3/c1-19(18-30)7-6-8-20(2)25-11-12-26-24-10-9-22-17-23(32-21(3)31)13-15-28(22,4)27(24)14-16-29(25,26)5/h9,19-20,23-27,30H,6-8,10-18H2,1-5H3/t19-,20+,23+,24-,25+,26-,27-,28-,29+/m0/s1. The maximum Gasteiger partial charge on any atom is 0.302 e. The van der Waals surface area contributed by atoms with E-state index in [-0.39, 0.29) is 12.1 Å². The molecule has 182 valence electrons. The van der Waals surface area contributed by atoms with E-state index in [1.807, 2.05) is 0 Å². The Hall–Kier alpha value is -0.830. The maximum atomic E-state index is 11.5. The number of rotatable bonds is 7. The Morgan fingerprint density at radius 1 is 1.12 bits per heavy atom. The average Bonchev–Trinajstić information content (AvgIpc) is 3.10. The van der Waals surface area contributed by atoms with Crippen molar-refractivity contribution in [2.45, 2.75) is 111 Å². The molecule has 4 aliphatic rings. The summed E-state index contributed by atoms with van der Waals surface area (Å²) in [6, 6.07) is 0. The molecule has 0 aromatic rings. The van der Waals surface area contributed by atoms with Gasteiger partial charge >= 0.3 is 5.97 Å². The molecule has 0 aromatic carbocycles. The highest BCUT2D eigenvalue weighted by atomic mass is 16.5. The van der Waals surface area contributed by atoms with Crippen molar-refractivity contribution < 1.29 is 14.6 Å². The summed E-state index contributed by atoms with van der Waals surface area (Å²) < 4.78 is 5.61. The van der Waals surface area contributed by atoms with Crippen LogP contribution in [0.2, 0.25) is 0 Å². The van der Waals surface area contributed by atoms with Gasteiger partial charge in [-0.2, -0.15) is 0 Å². The number of hydrogen-bond acceptors (Lipinski definition) is 3. The molecule has 0 unspecified atom stereocenters. The van der Waals surface area contributed by atoms with Gasteiger partial charge in [0, 0.05) is 20.0 Å². The molecule has 0 spiro atoms. The quantitative estimate of drug-likeness (QED) is 0.342. The normalized spacial score (nSPS) is 42.8. The lowest BCUT2D eigenvalue weighted by Crippen LogP contribution is -2.51. The molecule has 1 N–H and O–H groups in total. The molecule has 0 bridgehead atoms. The second-order valence-corrected chi connectivity index (χ2v) is 12.7. The van der Waals surface area contributed by atoms with Crippen molar-refractivity contribution in [3.05, 3.63) is 11.6 Å². The number of aliphatic hydroxyl groups excluding tert-OH is 1. The summed E-state index contributed by atoms with van der Waals surface area (Å²) in [4.78, 5) is 11.5. The average molecular weight is 445 g/mol. The monoisotopic (exact) mass is 444 g/mol. The third-order valence-electron chi connectivity index (χ3n) is 10.8. The first kappa shape index (κ1) is 24.3. The molecule has 3 nitrogen and oxygen atoms in total. The first-order valence-electron chi connectivity index (χ1n) is 13.7. The number of hydrogen-bond donors (Lipinski definition) is 1. The van der Waals surface area contributed by atoms with Crippen molar-refractivity contribution in [3.8, 4) is 0 Å². The van der Waals surface area contributed by atoms with Crippen LogP contribution in [0.25, 0.3) is 0 Å². The van der Waals surface area contributed by atoms with E-state index in [1.54, 1.807) is 12.5 Å². The van der Waals surface area contributed by atoms with Crippen LogP contribution in [-0.4, -0.2) is 23.8 Å². The molecule has 3 saturated carbocycles. The number of fused-ring (bicyclic) bond motifs is 5. The smallest absolute Gasteiger partial charge is 0.302 e. The molecule has 4 rings (SSSR count). The SMILES string of the molecule is CC(=O)O[C@@H]1CC[C@@]2(C)C(=CC[C@H]3[C@@H]4CC[C@H]([C@H](C)CCC[C@H](C)CO)[C@@]4(C)CC[C@@H]32)C1. The fourth-order valence-corrected chi connectivity index (χ4v) is 9.02. The second-order valence-electron chi connectivity index (χ2n) is 12.7.